The monoisotopic (exact) mass is 383 g/mol. The quantitative estimate of drug-likeness (QED) is 0.733. The van der Waals surface area contributed by atoms with Crippen LogP contribution in [0.4, 0.5) is 0 Å². The summed E-state index contributed by atoms with van der Waals surface area (Å²) in [5.74, 6) is 1.09. The van der Waals surface area contributed by atoms with E-state index in [2.05, 4.69) is 48.0 Å². The Labute approximate surface area is 166 Å². The van der Waals surface area contributed by atoms with Crippen LogP contribution in [0.3, 0.4) is 0 Å². The van der Waals surface area contributed by atoms with Gasteiger partial charge < -0.3 is 14.1 Å². The first-order valence-corrected chi connectivity index (χ1v) is 10.2. The molecule has 0 unspecified atom stereocenters. The van der Waals surface area contributed by atoms with Gasteiger partial charge in [0.2, 0.25) is 5.89 Å². The fraction of sp³-hybridized carbons (Fsp3) is 0.545. The summed E-state index contributed by atoms with van der Waals surface area (Å²) in [5.41, 5.74) is 3.06. The summed E-state index contributed by atoms with van der Waals surface area (Å²) in [4.78, 5) is 21.2. The van der Waals surface area contributed by atoms with Crippen molar-refractivity contribution >= 4 is 5.91 Å². The van der Waals surface area contributed by atoms with Crippen LogP contribution in [0.5, 0.6) is 0 Å². The summed E-state index contributed by atoms with van der Waals surface area (Å²) in [5, 5.41) is 0. The van der Waals surface area contributed by atoms with Crippen molar-refractivity contribution in [1.29, 1.82) is 0 Å². The summed E-state index contributed by atoms with van der Waals surface area (Å²) in [6.07, 6.45) is 3.92. The van der Waals surface area contributed by atoms with Crippen molar-refractivity contribution in [3.63, 3.8) is 0 Å². The zero-order chi connectivity index (χ0) is 19.5. The zero-order valence-electron chi connectivity index (χ0n) is 16.8. The van der Waals surface area contributed by atoms with Gasteiger partial charge in [0.15, 0.2) is 5.69 Å². The highest BCUT2D eigenvalue weighted by atomic mass is 16.5. The summed E-state index contributed by atoms with van der Waals surface area (Å²) in [6.45, 7) is 8.32. The lowest BCUT2D eigenvalue weighted by Gasteiger charge is -2.25. The third-order valence-electron chi connectivity index (χ3n) is 5.50. The molecular formula is C22H29N3O3. The van der Waals surface area contributed by atoms with Gasteiger partial charge in [0, 0.05) is 25.7 Å². The number of hydrogen-bond acceptors (Lipinski definition) is 5. The van der Waals surface area contributed by atoms with E-state index < -0.39 is 0 Å². The fourth-order valence-electron chi connectivity index (χ4n) is 3.58. The smallest absolute Gasteiger partial charge is 0.275 e. The first-order valence-electron chi connectivity index (χ1n) is 10.2. The molecule has 1 saturated heterocycles. The van der Waals surface area contributed by atoms with Crippen LogP contribution in [0.15, 0.2) is 34.9 Å². The van der Waals surface area contributed by atoms with Gasteiger partial charge in [-0.2, -0.15) is 0 Å². The molecule has 0 N–H and O–H groups in total. The molecule has 28 heavy (non-hydrogen) atoms. The number of amides is 1. The molecule has 4 rings (SSSR count). The van der Waals surface area contributed by atoms with Gasteiger partial charge in [0.25, 0.3) is 5.91 Å². The summed E-state index contributed by atoms with van der Waals surface area (Å²) in [6, 6.07) is 9.45. The molecule has 1 aliphatic carbocycles. The fourth-order valence-corrected chi connectivity index (χ4v) is 3.58. The van der Waals surface area contributed by atoms with Crippen LogP contribution in [0.1, 0.15) is 60.1 Å². The van der Waals surface area contributed by atoms with Crippen molar-refractivity contribution in [3.05, 3.63) is 53.2 Å². The van der Waals surface area contributed by atoms with Crippen molar-refractivity contribution in [2.75, 3.05) is 26.3 Å². The van der Waals surface area contributed by atoms with Crippen LogP contribution in [0.2, 0.25) is 0 Å². The van der Waals surface area contributed by atoms with Gasteiger partial charge in [0.1, 0.15) is 6.26 Å². The average Bonchev–Trinajstić information content (AvgIpc) is 3.47. The van der Waals surface area contributed by atoms with Crippen molar-refractivity contribution in [2.24, 2.45) is 0 Å². The predicted octanol–water partition coefficient (Wildman–Crippen LogP) is 3.44. The van der Waals surface area contributed by atoms with Gasteiger partial charge in [-0.1, -0.05) is 38.1 Å². The molecular weight excluding hydrogens is 354 g/mol. The van der Waals surface area contributed by atoms with E-state index >= 15 is 0 Å². The minimum atomic E-state index is -0.0689. The second kappa shape index (κ2) is 8.45. The summed E-state index contributed by atoms with van der Waals surface area (Å²) >= 11 is 0. The van der Waals surface area contributed by atoms with Crippen LogP contribution in [-0.2, 0) is 17.8 Å². The Balaban J connectivity index is 1.40. The van der Waals surface area contributed by atoms with Gasteiger partial charge in [-0.3, -0.25) is 9.69 Å². The molecule has 1 aromatic heterocycles. The van der Waals surface area contributed by atoms with E-state index in [1.807, 2.05) is 0 Å². The van der Waals surface area contributed by atoms with Crippen LogP contribution in [-0.4, -0.2) is 53.0 Å². The molecule has 6 heteroatoms. The van der Waals surface area contributed by atoms with Crippen LogP contribution in [0, 0.1) is 0 Å². The Morgan fingerprint density at radius 1 is 1.18 bits per heavy atom. The molecule has 2 aliphatic rings. The average molecular weight is 383 g/mol. The highest BCUT2D eigenvalue weighted by molar-refractivity contribution is 5.92. The van der Waals surface area contributed by atoms with E-state index in [9.17, 15) is 4.79 Å². The van der Waals surface area contributed by atoms with Gasteiger partial charge in [-0.15, -0.1) is 0 Å². The van der Waals surface area contributed by atoms with E-state index in [0.29, 0.717) is 56.4 Å². The molecule has 0 radical (unpaired) electrons. The SMILES string of the molecule is CC(C)c1ccc(CN(Cc2nc(C(=O)N3CCOCC3)co2)C2CC2)cc1. The third kappa shape index (κ3) is 4.62. The second-order valence-corrected chi connectivity index (χ2v) is 8.06. The van der Waals surface area contributed by atoms with Crippen molar-refractivity contribution < 1.29 is 13.9 Å². The molecule has 1 aromatic carbocycles. The number of carbonyl (C=O) groups excluding carboxylic acids is 1. The van der Waals surface area contributed by atoms with E-state index in [1.165, 1.54) is 30.2 Å². The highest BCUT2D eigenvalue weighted by Crippen LogP contribution is 2.30. The Morgan fingerprint density at radius 2 is 1.89 bits per heavy atom. The van der Waals surface area contributed by atoms with Gasteiger partial charge in [0.05, 0.1) is 19.8 Å². The molecule has 0 spiro atoms. The normalized spacial score (nSPS) is 17.5. The maximum atomic E-state index is 12.6. The third-order valence-corrected chi connectivity index (χ3v) is 5.50. The van der Waals surface area contributed by atoms with Crippen molar-refractivity contribution in [2.45, 2.75) is 51.7 Å². The number of oxazole rings is 1. The number of aromatic nitrogens is 1. The minimum Gasteiger partial charge on any atom is -0.447 e. The van der Waals surface area contributed by atoms with Crippen LogP contribution in [0.25, 0.3) is 0 Å². The van der Waals surface area contributed by atoms with E-state index in [-0.39, 0.29) is 5.91 Å². The number of ether oxygens (including phenoxy) is 1. The summed E-state index contributed by atoms with van der Waals surface area (Å²) < 4.78 is 11.0. The summed E-state index contributed by atoms with van der Waals surface area (Å²) in [7, 11) is 0. The molecule has 1 amide bonds. The Hall–Kier alpha value is -2.18. The molecule has 2 fully saturated rings. The number of carbonyl (C=O) groups is 1. The maximum Gasteiger partial charge on any atom is 0.275 e. The highest BCUT2D eigenvalue weighted by Gasteiger charge is 2.30. The van der Waals surface area contributed by atoms with Crippen LogP contribution < -0.4 is 0 Å². The Bertz CT molecular complexity index is 790. The number of rotatable bonds is 7. The molecule has 2 aromatic rings. The molecule has 0 atom stereocenters. The lowest BCUT2D eigenvalue weighted by Crippen LogP contribution is -2.40. The molecule has 6 nitrogen and oxygen atoms in total. The number of benzene rings is 1. The molecule has 1 aliphatic heterocycles. The van der Waals surface area contributed by atoms with E-state index in [4.69, 9.17) is 9.15 Å². The van der Waals surface area contributed by atoms with Crippen LogP contribution >= 0.6 is 0 Å². The molecule has 2 heterocycles. The van der Waals surface area contributed by atoms with Crippen molar-refractivity contribution in [3.8, 4) is 0 Å². The van der Waals surface area contributed by atoms with Crippen molar-refractivity contribution in [1.82, 2.24) is 14.8 Å². The number of hydrogen-bond donors (Lipinski definition) is 0. The number of morpholine rings is 1. The lowest BCUT2D eigenvalue weighted by atomic mass is 10.0. The molecule has 150 valence electrons. The molecule has 0 bridgehead atoms. The van der Waals surface area contributed by atoms with Gasteiger partial charge in [-0.25, -0.2) is 4.98 Å². The zero-order valence-corrected chi connectivity index (χ0v) is 16.8. The maximum absolute atomic E-state index is 12.6. The predicted molar refractivity (Wildman–Crippen MR) is 106 cm³/mol. The molecule has 1 saturated carbocycles. The number of nitrogens with zero attached hydrogens (tertiary/aromatic N) is 3. The van der Waals surface area contributed by atoms with Gasteiger partial charge >= 0.3 is 0 Å². The first-order chi connectivity index (χ1) is 13.6. The lowest BCUT2D eigenvalue weighted by molar-refractivity contribution is 0.0299. The second-order valence-electron chi connectivity index (χ2n) is 8.06. The Kier molecular flexibility index (Phi) is 5.78. The first kappa shape index (κ1) is 19.2. The largest absolute Gasteiger partial charge is 0.447 e. The Morgan fingerprint density at radius 3 is 2.54 bits per heavy atom. The minimum absolute atomic E-state index is 0.0689. The topological polar surface area (TPSA) is 58.8 Å². The van der Waals surface area contributed by atoms with E-state index in [1.54, 1.807) is 4.90 Å². The van der Waals surface area contributed by atoms with Gasteiger partial charge in [-0.05, 0) is 29.9 Å². The van der Waals surface area contributed by atoms with E-state index in [0.717, 1.165) is 6.54 Å². The standard InChI is InChI=1S/C22H29N3O3/c1-16(2)18-5-3-17(4-6-18)13-25(19-7-8-19)14-21-23-20(15-28-21)22(26)24-9-11-27-12-10-24/h3-6,15-16,19H,7-14H2,1-2H3.